The summed E-state index contributed by atoms with van der Waals surface area (Å²) in [5.41, 5.74) is 0.488. The molecule has 10 atom stereocenters. The van der Waals surface area contributed by atoms with Gasteiger partial charge in [-0.05, 0) is 128 Å². The van der Waals surface area contributed by atoms with Crippen LogP contribution in [0.25, 0.3) is 0 Å². The third kappa shape index (κ3) is 2.70. The van der Waals surface area contributed by atoms with Crippen LogP contribution in [0.15, 0.2) is 17.6 Å². The van der Waals surface area contributed by atoms with Gasteiger partial charge in [0.05, 0.1) is 11.6 Å². The van der Waals surface area contributed by atoms with Crippen LogP contribution in [-0.4, -0.2) is 34.7 Å². The molecular weight excluding hydrogens is 418 g/mol. The van der Waals surface area contributed by atoms with E-state index < -0.39 is 0 Å². The van der Waals surface area contributed by atoms with Crippen molar-refractivity contribution in [1.29, 1.82) is 0 Å². The van der Waals surface area contributed by atoms with E-state index in [-0.39, 0.29) is 38.7 Å². The van der Waals surface area contributed by atoms with Gasteiger partial charge in [-0.15, -0.1) is 6.58 Å². The number of fused-ring (bicyclic) bond motifs is 7. The predicted octanol–water partition coefficient (Wildman–Crippen LogP) is 6.82. The number of hydrogen-bond acceptors (Lipinski definition) is 3. The van der Waals surface area contributed by atoms with E-state index in [1.165, 1.54) is 25.7 Å². The number of allylic oxidation sites excluding steroid dienone is 1. The normalized spacial score (nSPS) is 56.3. The fourth-order valence-corrected chi connectivity index (χ4v) is 11.9. The summed E-state index contributed by atoms with van der Waals surface area (Å²) in [5.74, 6) is 2.10. The molecule has 0 unspecified atom stereocenters. The van der Waals surface area contributed by atoms with E-state index in [9.17, 15) is 10.2 Å². The summed E-state index contributed by atoms with van der Waals surface area (Å²) in [4.78, 5) is 5.52. The Bertz CT molecular complexity index is 865. The van der Waals surface area contributed by atoms with Gasteiger partial charge in [-0.3, -0.25) is 4.99 Å². The lowest BCUT2D eigenvalue weighted by Gasteiger charge is -2.75. The molecule has 0 amide bonds. The van der Waals surface area contributed by atoms with Crippen molar-refractivity contribution in [1.82, 2.24) is 0 Å². The van der Waals surface area contributed by atoms with Gasteiger partial charge in [0, 0.05) is 6.61 Å². The number of aliphatic imine (C=N–C) groups is 1. The molecule has 192 valence electrons. The second kappa shape index (κ2) is 7.67. The summed E-state index contributed by atoms with van der Waals surface area (Å²) in [7, 11) is 0. The molecular formula is C31H51NO2. The van der Waals surface area contributed by atoms with Crippen molar-refractivity contribution in [2.45, 2.75) is 117 Å². The smallest absolute Gasteiger partial charge is 0.0702 e. The summed E-state index contributed by atoms with van der Waals surface area (Å²) >= 11 is 0. The third-order valence-corrected chi connectivity index (χ3v) is 13.7. The Labute approximate surface area is 208 Å². The Kier molecular flexibility index (Phi) is 5.64. The van der Waals surface area contributed by atoms with E-state index in [0.717, 1.165) is 38.5 Å². The van der Waals surface area contributed by atoms with Gasteiger partial charge in [-0.2, -0.15) is 0 Å². The Hall–Kier alpha value is -0.670. The zero-order valence-corrected chi connectivity index (χ0v) is 22.9. The first-order chi connectivity index (χ1) is 15.9. The number of aliphatic hydroxyl groups excluding tert-OH is 2. The Morgan fingerprint density at radius 2 is 1.59 bits per heavy atom. The van der Waals surface area contributed by atoms with E-state index >= 15 is 0 Å². The summed E-state index contributed by atoms with van der Waals surface area (Å²) < 4.78 is 0. The van der Waals surface area contributed by atoms with Crippen molar-refractivity contribution in [3.05, 3.63) is 12.7 Å². The standard InChI is InChI=1S/C31H51NO2/c1-8-21-10-16-30(20-33)19-18-29(7)28(6)15-11-22-26(3,4)24(34)13-14-27(22,5)23(28)12-17-31(29,25(21)30)32-9-2/h8-9,21-25,33-34H,1,10-20H2,2-7H3/t21-,22+,23-,24+,25+,27+,28-,29+,30-,31+/m1/s1. The molecule has 3 nitrogen and oxygen atoms in total. The first kappa shape index (κ1) is 25.0. The highest BCUT2D eigenvalue weighted by molar-refractivity contribution is 5.55. The summed E-state index contributed by atoms with van der Waals surface area (Å²) in [5, 5.41) is 21.7. The van der Waals surface area contributed by atoms with Crippen molar-refractivity contribution >= 4 is 6.21 Å². The summed E-state index contributed by atoms with van der Waals surface area (Å²) in [6.45, 7) is 19.2. The fourth-order valence-electron chi connectivity index (χ4n) is 11.9. The molecule has 5 fully saturated rings. The summed E-state index contributed by atoms with van der Waals surface area (Å²) in [6.07, 6.45) is 15.6. The Morgan fingerprint density at radius 3 is 2.24 bits per heavy atom. The largest absolute Gasteiger partial charge is 0.396 e. The first-order valence-corrected chi connectivity index (χ1v) is 14.3. The van der Waals surface area contributed by atoms with Crippen molar-refractivity contribution in [3.63, 3.8) is 0 Å². The van der Waals surface area contributed by atoms with Crippen molar-refractivity contribution in [2.24, 2.45) is 55.7 Å². The minimum atomic E-state index is -0.176. The van der Waals surface area contributed by atoms with E-state index in [4.69, 9.17) is 4.99 Å². The number of aliphatic hydroxyl groups is 2. The molecule has 0 radical (unpaired) electrons. The molecule has 0 heterocycles. The maximum absolute atomic E-state index is 11.0. The van der Waals surface area contributed by atoms with Crippen LogP contribution >= 0.6 is 0 Å². The van der Waals surface area contributed by atoms with Crippen LogP contribution in [0.1, 0.15) is 106 Å². The Balaban J connectivity index is 1.65. The first-order valence-electron chi connectivity index (χ1n) is 14.3. The summed E-state index contributed by atoms with van der Waals surface area (Å²) in [6, 6.07) is 0. The lowest BCUT2D eigenvalue weighted by atomic mass is 9.30. The lowest BCUT2D eigenvalue weighted by Crippen LogP contribution is -2.72. The van der Waals surface area contributed by atoms with Crippen LogP contribution < -0.4 is 0 Å². The monoisotopic (exact) mass is 469 g/mol. The predicted molar refractivity (Wildman–Crippen MR) is 141 cm³/mol. The molecule has 5 saturated carbocycles. The second-order valence-electron chi connectivity index (χ2n) is 14.6. The van der Waals surface area contributed by atoms with E-state index in [2.05, 4.69) is 60.4 Å². The van der Waals surface area contributed by atoms with E-state index in [1.54, 1.807) is 0 Å². The molecule has 0 spiro atoms. The SMILES string of the molecule is C=C[C@@H]1CC[C@]2(CO)CC[C@]3(C)[C@](N=CC)(CC[C@@H]4[C@@]5(C)CC[C@H](O)C(C)(C)[C@@H]5CC[C@]43C)[C@@H]12. The molecule has 5 aliphatic carbocycles. The molecule has 0 aliphatic heterocycles. The second-order valence-corrected chi connectivity index (χ2v) is 14.6. The van der Waals surface area contributed by atoms with Crippen molar-refractivity contribution in [2.75, 3.05) is 6.61 Å². The van der Waals surface area contributed by atoms with Gasteiger partial charge >= 0.3 is 0 Å². The van der Waals surface area contributed by atoms with Crippen LogP contribution in [0.4, 0.5) is 0 Å². The molecule has 5 aliphatic rings. The van der Waals surface area contributed by atoms with Gasteiger partial charge in [0.2, 0.25) is 0 Å². The highest BCUT2D eigenvalue weighted by atomic mass is 16.3. The van der Waals surface area contributed by atoms with Crippen LogP contribution in [0.2, 0.25) is 0 Å². The zero-order chi connectivity index (χ0) is 24.8. The zero-order valence-electron chi connectivity index (χ0n) is 22.9. The molecule has 5 rings (SSSR count). The number of hydrogen-bond donors (Lipinski definition) is 2. The van der Waals surface area contributed by atoms with Crippen LogP contribution in [0.5, 0.6) is 0 Å². The van der Waals surface area contributed by atoms with Crippen LogP contribution in [-0.2, 0) is 0 Å². The van der Waals surface area contributed by atoms with E-state index in [1.807, 2.05) is 0 Å². The molecule has 0 saturated heterocycles. The molecule has 0 aromatic rings. The average Bonchev–Trinajstić information content (AvgIpc) is 3.18. The minimum absolute atomic E-state index is 0.00607. The number of rotatable bonds is 3. The van der Waals surface area contributed by atoms with Gasteiger partial charge in [0.1, 0.15) is 0 Å². The molecule has 0 bridgehead atoms. The van der Waals surface area contributed by atoms with Gasteiger partial charge in [0.15, 0.2) is 0 Å². The third-order valence-electron chi connectivity index (χ3n) is 13.7. The maximum atomic E-state index is 11.0. The molecule has 34 heavy (non-hydrogen) atoms. The fraction of sp³-hybridized carbons (Fsp3) is 0.903. The molecule has 2 N–H and O–H groups in total. The topological polar surface area (TPSA) is 52.8 Å². The maximum Gasteiger partial charge on any atom is 0.0702 e. The molecule has 0 aromatic heterocycles. The van der Waals surface area contributed by atoms with Gasteiger partial charge in [-0.1, -0.05) is 40.7 Å². The van der Waals surface area contributed by atoms with Gasteiger partial charge < -0.3 is 10.2 Å². The van der Waals surface area contributed by atoms with Crippen molar-refractivity contribution < 1.29 is 10.2 Å². The number of nitrogens with zero attached hydrogens (tertiary/aromatic N) is 1. The van der Waals surface area contributed by atoms with Crippen LogP contribution in [0, 0.1) is 50.7 Å². The molecule has 0 aromatic carbocycles. The Morgan fingerprint density at radius 1 is 0.882 bits per heavy atom. The quantitative estimate of drug-likeness (QED) is 0.352. The lowest BCUT2D eigenvalue weighted by molar-refractivity contribution is -0.255. The van der Waals surface area contributed by atoms with Gasteiger partial charge in [-0.25, -0.2) is 0 Å². The van der Waals surface area contributed by atoms with Crippen molar-refractivity contribution in [3.8, 4) is 0 Å². The highest BCUT2D eigenvalue weighted by Crippen LogP contribution is 2.79. The van der Waals surface area contributed by atoms with Gasteiger partial charge in [0.25, 0.3) is 0 Å². The average molecular weight is 470 g/mol. The molecule has 3 heteroatoms. The highest BCUT2D eigenvalue weighted by Gasteiger charge is 2.75. The minimum Gasteiger partial charge on any atom is -0.396 e. The van der Waals surface area contributed by atoms with Crippen LogP contribution in [0.3, 0.4) is 0 Å². The van der Waals surface area contributed by atoms with E-state index in [0.29, 0.717) is 30.3 Å².